The first kappa shape index (κ1) is 11.7. The maximum absolute atomic E-state index is 11.9. The summed E-state index contributed by atoms with van der Waals surface area (Å²) in [6, 6.07) is 1.18. The maximum atomic E-state index is 11.9. The van der Waals surface area contributed by atoms with Crippen molar-refractivity contribution in [2.45, 2.75) is 32.2 Å². The highest BCUT2D eigenvalue weighted by Crippen LogP contribution is 2.11. The Bertz CT molecular complexity index is 425. The van der Waals surface area contributed by atoms with E-state index in [9.17, 15) is 9.59 Å². The van der Waals surface area contributed by atoms with Crippen LogP contribution in [-0.4, -0.2) is 24.4 Å². The van der Waals surface area contributed by atoms with E-state index in [0.717, 1.165) is 12.8 Å². The summed E-state index contributed by atoms with van der Waals surface area (Å²) in [5, 5.41) is 5.52. The molecule has 2 rings (SSSR count). The number of hydrogen-bond acceptors (Lipinski definition) is 3. The molecule has 2 N–H and O–H groups in total. The number of hydrogen-bond donors (Lipinski definition) is 2. The van der Waals surface area contributed by atoms with Crippen LogP contribution in [-0.2, 0) is 4.79 Å². The lowest BCUT2D eigenvalue weighted by atomic mass is 10.1. The number of carbonyl (C=O) groups excluding carboxylic acids is 2. The largest absolute Gasteiger partial charge is 0.469 e. The van der Waals surface area contributed by atoms with Crippen molar-refractivity contribution < 1.29 is 14.0 Å². The maximum Gasteiger partial charge on any atom is 0.255 e. The van der Waals surface area contributed by atoms with Crippen molar-refractivity contribution in [1.82, 2.24) is 10.6 Å². The minimum Gasteiger partial charge on any atom is -0.469 e. The fraction of sp³-hybridized carbons (Fsp3) is 0.500. The van der Waals surface area contributed by atoms with E-state index in [4.69, 9.17) is 4.42 Å². The average Bonchev–Trinajstić information content (AvgIpc) is 2.63. The van der Waals surface area contributed by atoms with Crippen LogP contribution in [0.15, 0.2) is 16.7 Å². The van der Waals surface area contributed by atoms with Gasteiger partial charge in [-0.15, -0.1) is 0 Å². The van der Waals surface area contributed by atoms with Gasteiger partial charge in [0.15, 0.2) is 0 Å². The molecule has 0 unspecified atom stereocenters. The van der Waals surface area contributed by atoms with Gasteiger partial charge in [-0.2, -0.15) is 0 Å². The van der Waals surface area contributed by atoms with Gasteiger partial charge in [0.25, 0.3) is 5.91 Å². The molecule has 1 saturated heterocycles. The van der Waals surface area contributed by atoms with Gasteiger partial charge in [0.2, 0.25) is 5.91 Å². The lowest BCUT2D eigenvalue weighted by molar-refractivity contribution is -0.122. The van der Waals surface area contributed by atoms with Crippen LogP contribution < -0.4 is 10.6 Å². The molecule has 92 valence electrons. The Labute approximate surface area is 99.6 Å². The van der Waals surface area contributed by atoms with Crippen LogP contribution in [0.1, 0.15) is 35.4 Å². The second-order valence-electron chi connectivity index (χ2n) is 4.20. The Morgan fingerprint density at radius 1 is 1.53 bits per heavy atom. The van der Waals surface area contributed by atoms with Crippen LogP contribution in [0.3, 0.4) is 0 Å². The highest BCUT2D eigenvalue weighted by Gasteiger charge is 2.23. The molecule has 0 bridgehead atoms. The summed E-state index contributed by atoms with van der Waals surface area (Å²) < 4.78 is 5.06. The van der Waals surface area contributed by atoms with Gasteiger partial charge in [-0.05, 0) is 32.3 Å². The topological polar surface area (TPSA) is 71.3 Å². The smallest absolute Gasteiger partial charge is 0.255 e. The van der Waals surface area contributed by atoms with Gasteiger partial charge in [0, 0.05) is 6.54 Å². The van der Waals surface area contributed by atoms with E-state index < -0.39 is 6.04 Å². The number of rotatable bonds is 2. The molecular weight excluding hydrogens is 220 g/mol. The summed E-state index contributed by atoms with van der Waals surface area (Å²) in [6.07, 6.45) is 4.06. The summed E-state index contributed by atoms with van der Waals surface area (Å²) in [5.41, 5.74) is 0.488. The van der Waals surface area contributed by atoms with Crippen LogP contribution in [0.5, 0.6) is 0 Å². The third-order valence-corrected chi connectivity index (χ3v) is 2.94. The quantitative estimate of drug-likeness (QED) is 0.804. The zero-order chi connectivity index (χ0) is 12.3. The van der Waals surface area contributed by atoms with Crippen LogP contribution in [0, 0.1) is 6.92 Å². The minimum atomic E-state index is -0.431. The monoisotopic (exact) mass is 236 g/mol. The fourth-order valence-corrected chi connectivity index (χ4v) is 1.93. The molecule has 5 heteroatoms. The fourth-order valence-electron chi connectivity index (χ4n) is 1.93. The van der Waals surface area contributed by atoms with Crippen molar-refractivity contribution in [3.8, 4) is 0 Å². The normalized spacial score (nSPS) is 20.5. The third-order valence-electron chi connectivity index (χ3n) is 2.94. The van der Waals surface area contributed by atoms with Gasteiger partial charge in [-0.1, -0.05) is 0 Å². The SMILES string of the molecule is Cc1occc1C(=O)N[C@H]1CCCCNC1=O. The van der Waals surface area contributed by atoms with E-state index >= 15 is 0 Å². The molecule has 2 heterocycles. The lowest BCUT2D eigenvalue weighted by Crippen LogP contribution is -2.45. The van der Waals surface area contributed by atoms with Crippen LogP contribution >= 0.6 is 0 Å². The molecular formula is C12H16N2O3. The van der Waals surface area contributed by atoms with Crippen LogP contribution in [0.25, 0.3) is 0 Å². The number of furan rings is 1. The van der Waals surface area contributed by atoms with E-state index in [-0.39, 0.29) is 11.8 Å². The van der Waals surface area contributed by atoms with Gasteiger partial charge in [-0.3, -0.25) is 9.59 Å². The van der Waals surface area contributed by atoms with Crippen LogP contribution in [0.2, 0.25) is 0 Å². The van der Waals surface area contributed by atoms with Crippen molar-refractivity contribution in [3.63, 3.8) is 0 Å². The van der Waals surface area contributed by atoms with E-state index in [2.05, 4.69) is 10.6 Å². The molecule has 0 spiro atoms. The number of nitrogens with one attached hydrogen (secondary N) is 2. The second-order valence-corrected chi connectivity index (χ2v) is 4.20. The predicted octanol–water partition coefficient (Wildman–Crippen LogP) is 0.987. The van der Waals surface area contributed by atoms with Crippen molar-refractivity contribution in [2.24, 2.45) is 0 Å². The zero-order valence-electron chi connectivity index (χ0n) is 9.79. The molecule has 1 fully saturated rings. The first-order chi connectivity index (χ1) is 8.18. The molecule has 2 amide bonds. The standard InChI is InChI=1S/C12H16N2O3/c1-8-9(5-7-17-8)11(15)14-10-4-2-3-6-13-12(10)16/h5,7,10H,2-4,6H2,1H3,(H,13,16)(H,14,15)/t10-/m0/s1. The van der Waals surface area contributed by atoms with Gasteiger partial charge >= 0.3 is 0 Å². The summed E-state index contributed by atoms with van der Waals surface area (Å²) >= 11 is 0. The first-order valence-corrected chi connectivity index (χ1v) is 5.81. The van der Waals surface area contributed by atoms with Crippen molar-refractivity contribution in [3.05, 3.63) is 23.7 Å². The Morgan fingerprint density at radius 3 is 3.06 bits per heavy atom. The van der Waals surface area contributed by atoms with Gasteiger partial charge in [0.05, 0.1) is 11.8 Å². The molecule has 1 aromatic rings. The Morgan fingerprint density at radius 2 is 2.35 bits per heavy atom. The predicted molar refractivity (Wildman–Crippen MR) is 61.6 cm³/mol. The molecule has 0 aromatic carbocycles. The Hall–Kier alpha value is -1.78. The highest BCUT2D eigenvalue weighted by molar-refractivity contribution is 5.98. The molecule has 0 saturated carbocycles. The highest BCUT2D eigenvalue weighted by atomic mass is 16.3. The first-order valence-electron chi connectivity index (χ1n) is 5.81. The molecule has 17 heavy (non-hydrogen) atoms. The Kier molecular flexibility index (Phi) is 3.46. The van der Waals surface area contributed by atoms with Crippen LogP contribution in [0.4, 0.5) is 0 Å². The van der Waals surface area contributed by atoms with Gasteiger partial charge in [-0.25, -0.2) is 0 Å². The molecule has 1 aliphatic heterocycles. The minimum absolute atomic E-state index is 0.100. The Balaban J connectivity index is 2.02. The third kappa shape index (κ3) is 2.67. The van der Waals surface area contributed by atoms with E-state index in [1.54, 1.807) is 13.0 Å². The summed E-state index contributed by atoms with van der Waals surface area (Å²) in [7, 11) is 0. The molecule has 1 aliphatic rings. The summed E-state index contributed by atoms with van der Waals surface area (Å²) in [6.45, 7) is 2.41. The van der Waals surface area contributed by atoms with E-state index in [1.807, 2.05) is 0 Å². The van der Waals surface area contributed by atoms with Gasteiger partial charge < -0.3 is 15.1 Å². The van der Waals surface area contributed by atoms with Crippen molar-refractivity contribution >= 4 is 11.8 Å². The molecule has 1 atom stereocenters. The lowest BCUT2D eigenvalue weighted by Gasteiger charge is -2.14. The van der Waals surface area contributed by atoms with Crippen molar-refractivity contribution in [2.75, 3.05) is 6.54 Å². The summed E-state index contributed by atoms with van der Waals surface area (Å²) in [5.74, 6) is 0.215. The number of aryl methyl sites for hydroxylation is 1. The zero-order valence-corrected chi connectivity index (χ0v) is 9.79. The molecule has 5 nitrogen and oxygen atoms in total. The van der Waals surface area contributed by atoms with E-state index in [1.165, 1.54) is 6.26 Å². The average molecular weight is 236 g/mol. The second kappa shape index (κ2) is 5.03. The van der Waals surface area contributed by atoms with E-state index in [0.29, 0.717) is 24.3 Å². The molecule has 0 aliphatic carbocycles. The number of amides is 2. The molecule has 0 radical (unpaired) electrons. The van der Waals surface area contributed by atoms with Crippen molar-refractivity contribution in [1.29, 1.82) is 0 Å². The van der Waals surface area contributed by atoms with Gasteiger partial charge in [0.1, 0.15) is 11.8 Å². The summed E-state index contributed by atoms with van der Waals surface area (Å²) in [4.78, 5) is 23.6. The molecule has 1 aromatic heterocycles. The number of carbonyl (C=O) groups is 2.